The van der Waals surface area contributed by atoms with E-state index in [1.165, 1.54) is 11.8 Å². The average Bonchev–Trinajstić information content (AvgIpc) is 3.18. The predicted octanol–water partition coefficient (Wildman–Crippen LogP) is 4.16. The van der Waals surface area contributed by atoms with Crippen LogP contribution >= 0.6 is 11.8 Å². The van der Waals surface area contributed by atoms with Crippen LogP contribution in [0, 0.1) is 11.3 Å². The highest BCUT2D eigenvalue weighted by Gasteiger charge is 2.24. The molecular formula is C20H18N4O2S. The number of carbonyl (C=O) groups excluding carboxylic acids is 1. The summed E-state index contributed by atoms with van der Waals surface area (Å²) in [5.74, 6) is 0.308. The summed E-state index contributed by atoms with van der Waals surface area (Å²) < 4.78 is 5.67. The van der Waals surface area contributed by atoms with Crippen LogP contribution in [0.1, 0.15) is 13.3 Å². The van der Waals surface area contributed by atoms with Crippen LogP contribution in [-0.2, 0) is 4.79 Å². The standard InChI is InChI=1S/C20H18N4O2S/c1-15(19(25)24(14-8-13-21)17-11-6-3-7-12-17)27-20-23-22-18(26-20)16-9-4-2-5-10-16/h2-7,9-12,15H,8,14H2,1H3. The van der Waals surface area contributed by atoms with Crippen molar-refractivity contribution in [1.82, 2.24) is 10.2 Å². The molecule has 1 atom stereocenters. The van der Waals surface area contributed by atoms with Gasteiger partial charge in [-0.25, -0.2) is 0 Å². The molecule has 0 aliphatic rings. The Bertz CT molecular complexity index is 922. The number of carbonyl (C=O) groups is 1. The maximum atomic E-state index is 12.9. The SMILES string of the molecule is CC(Sc1nnc(-c2ccccc2)o1)C(=O)N(CCC#N)c1ccccc1. The lowest BCUT2D eigenvalue weighted by Gasteiger charge is -2.24. The fourth-order valence-corrected chi connectivity index (χ4v) is 3.26. The molecule has 1 heterocycles. The van der Waals surface area contributed by atoms with Gasteiger partial charge in [-0.1, -0.05) is 48.2 Å². The van der Waals surface area contributed by atoms with Crippen LogP contribution in [0.25, 0.3) is 11.5 Å². The first-order valence-corrected chi connectivity index (χ1v) is 9.36. The van der Waals surface area contributed by atoms with Gasteiger partial charge in [-0.2, -0.15) is 5.26 Å². The van der Waals surface area contributed by atoms with Crippen LogP contribution in [0.4, 0.5) is 5.69 Å². The van der Waals surface area contributed by atoms with Crippen LogP contribution in [0.5, 0.6) is 0 Å². The third-order valence-corrected chi connectivity index (χ3v) is 4.76. The van der Waals surface area contributed by atoms with Crippen LogP contribution in [0.3, 0.4) is 0 Å². The molecule has 0 aliphatic heterocycles. The van der Waals surface area contributed by atoms with Crippen molar-refractivity contribution < 1.29 is 9.21 Å². The number of hydrogen-bond donors (Lipinski definition) is 0. The topological polar surface area (TPSA) is 83.0 Å². The number of aromatic nitrogens is 2. The zero-order valence-electron chi connectivity index (χ0n) is 14.8. The molecule has 136 valence electrons. The molecule has 1 aromatic heterocycles. The molecule has 1 amide bonds. The number of amides is 1. The van der Waals surface area contributed by atoms with Crippen molar-refractivity contribution >= 4 is 23.4 Å². The third-order valence-electron chi connectivity index (χ3n) is 3.83. The number of nitrogens with zero attached hydrogens (tertiary/aromatic N) is 4. The van der Waals surface area contributed by atoms with E-state index in [1.54, 1.807) is 11.8 Å². The molecule has 0 saturated heterocycles. The van der Waals surface area contributed by atoms with Gasteiger partial charge in [0.2, 0.25) is 11.8 Å². The summed E-state index contributed by atoms with van der Waals surface area (Å²) in [5, 5.41) is 16.9. The first-order valence-electron chi connectivity index (χ1n) is 8.48. The molecule has 0 spiro atoms. The molecule has 0 saturated carbocycles. The van der Waals surface area contributed by atoms with Crippen LogP contribution in [0.15, 0.2) is 70.3 Å². The maximum absolute atomic E-state index is 12.9. The summed E-state index contributed by atoms with van der Waals surface area (Å²) in [6, 6.07) is 20.9. The fraction of sp³-hybridized carbons (Fsp3) is 0.200. The smallest absolute Gasteiger partial charge is 0.277 e. The Balaban J connectivity index is 1.72. The van der Waals surface area contributed by atoms with Gasteiger partial charge in [0.1, 0.15) is 0 Å². The summed E-state index contributed by atoms with van der Waals surface area (Å²) in [6.45, 7) is 2.13. The monoisotopic (exact) mass is 378 g/mol. The lowest BCUT2D eigenvalue weighted by atomic mass is 10.2. The molecule has 0 N–H and O–H groups in total. The zero-order valence-corrected chi connectivity index (χ0v) is 15.6. The second kappa shape index (κ2) is 9.01. The minimum atomic E-state index is -0.437. The van der Waals surface area contributed by atoms with Crippen LogP contribution in [0.2, 0.25) is 0 Å². The summed E-state index contributed by atoms with van der Waals surface area (Å²) >= 11 is 1.21. The molecule has 0 bridgehead atoms. The molecule has 3 aromatic rings. The first-order chi connectivity index (χ1) is 13.2. The number of nitriles is 1. The first kappa shape index (κ1) is 18.7. The molecule has 0 radical (unpaired) electrons. The molecule has 0 aliphatic carbocycles. The lowest BCUT2D eigenvalue weighted by molar-refractivity contribution is -0.117. The number of hydrogen-bond acceptors (Lipinski definition) is 6. The predicted molar refractivity (Wildman–Crippen MR) is 104 cm³/mol. The van der Waals surface area contributed by atoms with Crippen molar-refractivity contribution in [2.75, 3.05) is 11.4 Å². The number of para-hydroxylation sites is 1. The Labute approximate surface area is 161 Å². The van der Waals surface area contributed by atoms with Gasteiger partial charge in [-0.15, -0.1) is 10.2 Å². The Kier molecular flexibility index (Phi) is 6.23. The minimum Gasteiger partial charge on any atom is -0.411 e. The minimum absolute atomic E-state index is 0.110. The van der Waals surface area contributed by atoms with Crippen LogP contribution < -0.4 is 4.90 Å². The van der Waals surface area contributed by atoms with Gasteiger partial charge in [0.15, 0.2) is 0 Å². The highest BCUT2D eigenvalue weighted by molar-refractivity contribution is 8.00. The molecule has 2 aromatic carbocycles. The summed E-state index contributed by atoms with van der Waals surface area (Å²) in [4.78, 5) is 14.6. The van der Waals surface area contributed by atoms with E-state index in [0.29, 0.717) is 17.7 Å². The molecular weight excluding hydrogens is 360 g/mol. The van der Waals surface area contributed by atoms with Gasteiger partial charge >= 0.3 is 0 Å². The van der Waals surface area contributed by atoms with E-state index in [9.17, 15) is 4.79 Å². The quantitative estimate of drug-likeness (QED) is 0.574. The van der Waals surface area contributed by atoms with E-state index in [1.807, 2.05) is 60.7 Å². The van der Waals surface area contributed by atoms with Crippen molar-refractivity contribution in [3.63, 3.8) is 0 Å². The van der Waals surface area contributed by atoms with Crippen molar-refractivity contribution in [3.05, 3.63) is 60.7 Å². The Morgan fingerprint density at radius 3 is 2.48 bits per heavy atom. The molecule has 1 unspecified atom stereocenters. The van der Waals surface area contributed by atoms with Gasteiger partial charge in [0, 0.05) is 17.8 Å². The van der Waals surface area contributed by atoms with Crippen molar-refractivity contribution in [1.29, 1.82) is 5.26 Å². The molecule has 3 rings (SSSR count). The normalized spacial score (nSPS) is 11.6. The van der Waals surface area contributed by atoms with Gasteiger partial charge < -0.3 is 9.32 Å². The van der Waals surface area contributed by atoms with E-state index >= 15 is 0 Å². The second-order valence-electron chi connectivity index (χ2n) is 5.73. The molecule has 7 heteroatoms. The Hall–Kier alpha value is -3.11. The summed E-state index contributed by atoms with van der Waals surface area (Å²) in [7, 11) is 0. The maximum Gasteiger partial charge on any atom is 0.277 e. The van der Waals surface area contributed by atoms with Crippen molar-refractivity contribution in [2.45, 2.75) is 23.8 Å². The van der Waals surface area contributed by atoms with Crippen molar-refractivity contribution in [2.24, 2.45) is 0 Å². The zero-order chi connectivity index (χ0) is 19.1. The Morgan fingerprint density at radius 1 is 1.15 bits per heavy atom. The number of anilines is 1. The third kappa shape index (κ3) is 4.74. The van der Waals surface area contributed by atoms with Gasteiger partial charge in [0.05, 0.1) is 17.7 Å². The van der Waals surface area contributed by atoms with Gasteiger partial charge in [-0.05, 0) is 31.2 Å². The van der Waals surface area contributed by atoms with E-state index in [0.717, 1.165) is 11.3 Å². The van der Waals surface area contributed by atoms with Gasteiger partial charge in [0.25, 0.3) is 5.22 Å². The highest BCUT2D eigenvalue weighted by atomic mass is 32.2. The summed E-state index contributed by atoms with van der Waals surface area (Å²) in [6.07, 6.45) is 0.261. The number of benzene rings is 2. The van der Waals surface area contributed by atoms with E-state index < -0.39 is 5.25 Å². The fourth-order valence-electron chi connectivity index (χ4n) is 2.51. The van der Waals surface area contributed by atoms with E-state index in [4.69, 9.17) is 9.68 Å². The lowest BCUT2D eigenvalue weighted by Crippen LogP contribution is -2.37. The largest absolute Gasteiger partial charge is 0.411 e. The highest BCUT2D eigenvalue weighted by Crippen LogP contribution is 2.28. The Morgan fingerprint density at radius 2 is 1.81 bits per heavy atom. The van der Waals surface area contributed by atoms with Crippen molar-refractivity contribution in [3.8, 4) is 17.5 Å². The number of thioether (sulfide) groups is 1. The number of rotatable bonds is 7. The second-order valence-corrected chi connectivity index (χ2v) is 7.02. The molecule has 6 nitrogen and oxygen atoms in total. The van der Waals surface area contributed by atoms with Gasteiger partial charge in [-0.3, -0.25) is 4.79 Å². The van der Waals surface area contributed by atoms with Crippen LogP contribution in [-0.4, -0.2) is 27.9 Å². The molecule has 27 heavy (non-hydrogen) atoms. The summed E-state index contributed by atoms with van der Waals surface area (Å²) in [5.41, 5.74) is 1.59. The van der Waals surface area contributed by atoms with E-state index in [-0.39, 0.29) is 12.3 Å². The van der Waals surface area contributed by atoms with E-state index in [2.05, 4.69) is 16.3 Å². The average molecular weight is 378 g/mol. The molecule has 0 fully saturated rings.